The lowest BCUT2D eigenvalue weighted by Crippen LogP contribution is -2.12. The van der Waals surface area contributed by atoms with Gasteiger partial charge < -0.3 is 0 Å². The molecule has 1 heteroatoms. The quantitative estimate of drug-likeness (QED) is 0.252. The number of benzene rings is 2. The molecule has 0 N–H and O–H groups in total. The van der Waals surface area contributed by atoms with Crippen LogP contribution in [0.1, 0.15) is 75.3 Å². The molecular weight excluding hydrogens is 376 g/mol. The molecule has 1 nitrogen and oxygen atoms in total. The fourth-order valence-electron chi connectivity index (χ4n) is 3.19. The van der Waals surface area contributed by atoms with E-state index >= 15 is 0 Å². The Morgan fingerprint density at radius 1 is 1.03 bits per heavy atom. The maximum atomic E-state index is 10.7. The van der Waals surface area contributed by atoms with Gasteiger partial charge in [0.25, 0.3) is 0 Å². The van der Waals surface area contributed by atoms with Gasteiger partial charge >= 0.3 is 0 Å². The van der Waals surface area contributed by atoms with Gasteiger partial charge in [0.15, 0.2) is 0 Å². The van der Waals surface area contributed by atoms with Crippen molar-refractivity contribution >= 4 is 12.4 Å². The zero-order valence-electron chi connectivity index (χ0n) is 20.6. The fourth-order valence-corrected chi connectivity index (χ4v) is 3.19. The van der Waals surface area contributed by atoms with Crippen LogP contribution >= 0.6 is 0 Å². The van der Waals surface area contributed by atoms with E-state index in [0.717, 1.165) is 19.1 Å². The largest absolute Gasteiger partial charge is 0.298 e. The lowest BCUT2D eigenvalue weighted by Gasteiger charge is -2.21. The smallest absolute Gasteiger partial charge is 0.145 e. The van der Waals surface area contributed by atoms with E-state index in [-0.39, 0.29) is 5.41 Å². The number of carbonyl (C=O) groups excluding carboxylic acids is 1. The maximum Gasteiger partial charge on any atom is 0.145 e. The highest BCUT2D eigenvalue weighted by atomic mass is 16.1. The van der Waals surface area contributed by atoms with Crippen molar-refractivity contribution in [1.82, 2.24) is 0 Å². The summed E-state index contributed by atoms with van der Waals surface area (Å²) in [7, 11) is 0. The second-order valence-corrected chi connectivity index (χ2v) is 9.14. The fraction of sp³-hybridized carbons (Fsp3) is 0.367. The highest BCUT2D eigenvalue weighted by Gasteiger charge is 2.15. The predicted octanol–water partition coefficient (Wildman–Crippen LogP) is 8.34. The average Bonchev–Trinajstić information content (AvgIpc) is 2.73. The zero-order chi connectivity index (χ0) is 23.4. The standard InChI is InChI=1S/C19H26O.C11H14/c1-7-16(10-14(2)13-20)11-17-12-18(19(4,5)6)9-8-15(17)3;1-3-4-8-11-9-6-5-7-10(11)2/h7-9,12-13H,2,10-11H2,1,3-6H3;4-9H,3H2,1-2H3/b16-7+;8-4-. The number of aldehydes is 1. The summed E-state index contributed by atoms with van der Waals surface area (Å²) >= 11 is 0. The van der Waals surface area contributed by atoms with Crippen molar-refractivity contribution in [2.24, 2.45) is 0 Å². The summed E-state index contributed by atoms with van der Waals surface area (Å²) in [5.74, 6) is 0. The van der Waals surface area contributed by atoms with E-state index in [1.165, 1.54) is 33.4 Å². The van der Waals surface area contributed by atoms with Crippen molar-refractivity contribution in [2.75, 3.05) is 0 Å². The van der Waals surface area contributed by atoms with Crippen molar-refractivity contribution in [3.05, 3.63) is 100 Å². The molecule has 0 radical (unpaired) electrons. The van der Waals surface area contributed by atoms with Gasteiger partial charge in [0, 0.05) is 0 Å². The molecule has 0 aliphatic heterocycles. The van der Waals surface area contributed by atoms with Gasteiger partial charge in [-0.25, -0.2) is 0 Å². The third-order valence-electron chi connectivity index (χ3n) is 5.38. The molecule has 31 heavy (non-hydrogen) atoms. The third kappa shape index (κ3) is 9.34. The van der Waals surface area contributed by atoms with Crippen LogP contribution in [-0.4, -0.2) is 6.29 Å². The molecule has 0 unspecified atom stereocenters. The number of rotatable bonds is 7. The summed E-state index contributed by atoms with van der Waals surface area (Å²) in [4.78, 5) is 10.7. The monoisotopic (exact) mass is 416 g/mol. The summed E-state index contributed by atoms with van der Waals surface area (Å²) in [6.45, 7) is 18.9. The highest BCUT2D eigenvalue weighted by Crippen LogP contribution is 2.26. The van der Waals surface area contributed by atoms with E-state index in [9.17, 15) is 4.79 Å². The molecule has 0 amide bonds. The van der Waals surface area contributed by atoms with Gasteiger partial charge in [0.2, 0.25) is 0 Å². The Morgan fingerprint density at radius 3 is 2.26 bits per heavy atom. The molecule has 0 fully saturated rings. The zero-order valence-corrected chi connectivity index (χ0v) is 20.6. The van der Waals surface area contributed by atoms with E-state index < -0.39 is 0 Å². The first-order chi connectivity index (χ1) is 14.6. The van der Waals surface area contributed by atoms with Crippen LogP contribution in [0.25, 0.3) is 6.08 Å². The summed E-state index contributed by atoms with van der Waals surface area (Å²) in [6, 6.07) is 15.1. The first-order valence-electron chi connectivity index (χ1n) is 11.2. The Labute approximate surface area is 190 Å². The molecule has 0 aliphatic rings. The Kier molecular flexibility index (Phi) is 11.0. The molecule has 0 heterocycles. The SMILES string of the molecule is C=C(C=O)C/C(=C\C)Cc1cc(C(C)(C)C)ccc1C.CC/C=C\c1ccccc1C. The van der Waals surface area contributed by atoms with Crippen LogP contribution in [0, 0.1) is 13.8 Å². The molecule has 2 aromatic rings. The number of hydrogen-bond donors (Lipinski definition) is 0. The minimum Gasteiger partial charge on any atom is -0.298 e. The second-order valence-electron chi connectivity index (χ2n) is 9.14. The molecule has 0 saturated heterocycles. The van der Waals surface area contributed by atoms with Crippen LogP contribution in [0.3, 0.4) is 0 Å². The van der Waals surface area contributed by atoms with Crippen LogP contribution in [0.2, 0.25) is 0 Å². The van der Waals surface area contributed by atoms with E-state index in [4.69, 9.17) is 0 Å². The Balaban J connectivity index is 0.000000367. The second kappa shape index (κ2) is 12.9. The molecule has 0 aliphatic carbocycles. The normalized spacial score (nSPS) is 11.8. The molecular formula is C30H40O. The summed E-state index contributed by atoms with van der Waals surface area (Å²) in [6.07, 6.45) is 9.96. The summed E-state index contributed by atoms with van der Waals surface area (Å²) < 4.78 is 0. The lowest BCUT2D eigenvalue weighted by atomic mass is 9.84. The van der Waals surface area contributed by atoms with Crippen LogP contribution in [0.5, 0.6) is 0 Å². The van der Waals surface area contributed by atoms with Gasteiger partial charge in [-0.2, -0.15) is 0 Å². The average molecular weight is 417 g/mol. The highest BCUT2D eigenvalue weighted by molar-refractivity contribution is 5.72. The van der Waals surface area contributed by atoms with Crippen LogP contribution in [0.15, 0.2) is 72.3 Å². The van der Waals surface area contributed by atoms with E-state index in [2.05, 4.69) is 109 Å². The molecule has 0 spiro atoms. The Bertz CT molecular complexity index is 920. The van der Waals surface area contributed by atoms with Gasteiger partial charge in [-0.1, -0.05) is 101 Å². The minimum atomic E-state index is 0.158. The minimum absolute atomic E-state index is 0.158. The van der Waals surface area contributed by atoms with E-state index in [0.29, 0.717) is 12.0 Å². The van der Waals surface area contributed by atoms with Crippen molar-refractivity contribution in [3.63, 3.8) is 0 Å². The summed E-state index contributed by atoms with van der Waals surface area (Å²) in [5.41, 5.74) is 8.71. The molecule has 0 saturated carbocycles. The van der Waals surface area contributed by atoms with Gasteiger partial charge in [0.1, 0.15) is 6.29 Å². The Hall–Kier alpha value is -2.67. The van der Waals surface area contributed by atoms with E-state index in [1.54, 1.807) is 0 Å². The maximum absolute atomic E-state index is 10.7. The van der Waals surface area contributed by atoms with Gasteiger partial charge in [-0.15, -0.1) is 0 Å². The third-order valence-corrected chi connectivity index (χ3v) is 5.38. The molecule has 166 valence electrons. The summed E-state index contributed by atoms with van der Waals surface area (Å²) in [5, 5.41) is 0. The topological polar surface area (TPSA) is 17.1 Å². The van der Waals surface area contributed by atoms with Crippen molar-refractivity contribution in [2.45, 2.75) is 73.1 Å². The molecule has 0 atom stereocenters. The molecule has 0 bridgehead atoms. The number of aryl methyl sites for hydroxylation is 2. The molecule has 2 rings (SSSR count). The predicted molar refractivity (Wildman–Crippen MR) is 138 cm³/mol. The van der Waals surface area contributed by atoms with Gasteiger partial charge in [0.05, 0.1) is 0 Å². The molecule has 2 aromatic carbocycles. The van der Waals surface area contributed by atoms with Crippen molar-refractivity contribution < 1.29 is 4.79 Å². The van der Waals surface area contributed by atoms with Gasteiger partial charge in [-0.05, 0) is 78.8 Å². The first-order valence-corrected chi connectivity index (χ1v) is 11.2. The Morgan fingerprint density at radius 2 is 1.71 bits per heavy atom. The number of hydrogen-bond acceptors (Lipinski definition) is 1. The van der Waals surface area contributed by atoms with Crippen LogP contribution in [-0.2, 0) is 16.6 Å². The van der Waals surface area contributed by atoms with Gasteiger partial charge in [-0.3, -0.25) is 4.79 Å². The van der Waals surface area contributed by atoms with Crippen LogP contribution < -0.4 is 0 Å². The number of allylic oxidation sites excluding steroid dienone is 4. The van der Waals surface area contributed by atoms with E-state index in [1.807, 2.05) is 6.92 Å². The van der Waals surface area contributed by atoms with Crippen molar-refractivity contribution in [1.29, 1.82) is 0 Å². The van der Waals surface area contributed by atoms with Crippen LogP contribution in [0.4, 0.5) is 0 Å². The van der Waals surface area contributed by atoms with Crippen molar-refractivity contribution in [3.8, 4) is 0 Å². The lowest BCUT2D eigenvalue weighted by molar-refractivity contribution is -0.104. The first kappa shape index (κ1) is 26.4. The molecule has 0 aromatic heterocycles. The number of carbonyl (C=O) groups is 1.